The van der Waals surface area contributed by atoms with Crippen molar-refractivity contribution < 1.29 is 4.52 Å². The van der Waals surface area contributed by atoms with Crippen LogP contribution in [0.4, 0.5) is 0 Å². The Bertz CT molecular complexity index is 450. The molecule has 0 bridgehead atoms. The van der Waals surface area contributed by atoms with Crippen LogP contribution in [-0.2, 0) is 5.75 Å². The molecule has 84 valence electrons. The van der Waals surface area contributed by atoms with E-state index in [0.29, 0.717) is 11.7 Å². The van der Waals surface area contributed by atoms with Gasteiger partial charge in [-0.2, -0.15) is 16.7 Å². The molecule has 2 aromatic rings. The van der Waals surface area contributed by atoms with Crippen molar-refractivity contribution in [2.45, 2.75) is 19.6 Å². The maximum atomic E-state index is 5.17. The van der Waals surface area contributed by atoms with Gasteiger partial charge in [-0.25, -0.2) is 0 Å². The van der Waals surface area contributed by atoms with Gasteiger partial charge in [-0.15, -0.1) is 0 Å². The monoisotopic (exact) mass is 234 g/mol. The van der Waals surface area contributed by atoms with E-state index in [2.05, 4.69) is 24.0 Å². The van der Waals surface area contributed by atoms with Crippen LogP contribution in [0.1, 0.15) is 18.4 Å². The predicted octanol–water partition coefficient (Wildman–Crippen LogP) is 3.30. The Labute approximate surface area is 99.3 Å². The van der Waals surface area contributed by atoms with Gasteiger partial charge in [0.1, 0.15) is 0 Å². The average Bonchev–Trinajstić information content (AvgIpc) is 2.76. The zero-order valence-electron chi connectivity index (χ0n) is 9.43. The summed E-state index contributed by atoms with van der Waals surface area (Å²) in [4.78, 5) is 4.35. The van der Waals surface area contributed by atoms with Gasteiger partial charge in [0, 0.05) is 5.56 Å². The Morgan fingerprint density at radius 2 is 2.00 bits per heavy atom. The number of aromatic nitrogens is 2. The average molecular weight is 234 g/mol. The molecule has 0 aliphatic heterocycles. The number of benzene rings is 1. The molecule has 0 N–H and O–H groups in total. The van der Waals surface area contributed by atoms with Crippen LogP contribution in [-0.4, -0.2) is 15.9 Å². The van der Waals surface area contributed by atoms with Crippen LogP contribution in [0.25, 0.3) is 11.4 Å². The number of thioether (sulfide) groups is 1. The van der Waals surface area contributed by atoms with Crippen LogP contribution in [0.15, 0.2) is 28.8 Å². The van der Waals surface area contributed by atoms with E-state index in [1.165, 1.54) is 5.56 Å². The molecule has 0 fully saturated rings. The first-order chi connectivity index (χ1) is 7.79. The number of hydrogen-bond donors (Lipinski definition) is 0. The highest BCUT2D eigenvalue weighted by atomic mass is 32.2. The second-order valence-electron chi connectivity index (χ2n) is 3.51. The van der Waals surface area contributed by atoms with Gasteiger partial charge in [0.15, 0.2) is 0 Å². The molecule has 4 heteroatoms. The summed E-state index contributed by atoms with van der Waals surface area (Å²) in [5.74, 6) is 3.21. The first-order valence-corrected chi connectivity index (χ1v) is 6.42. The lowest BCUT2D eigenvalue weighted by molar-refractivity contribution is 0.391. The van der Waals surface area contributed by atoms with Crippen molar-refractivity contribution in [2.24, 2.45) is 0 Å². The molecule has 0 unspecified atom stereocenters. The first kappa shape index (κ1) is 11.2. The zero-order chi connectivity index (χ0) is 11.4. The molecule has 0 atom stereocenters. The number of aryl methyl sites for hydroxylation is 1. The highest BCUT2D eigenvalue weighted by Crippen LogP contribution is 2.18. The number of rotatable bonds is 4. The molecule has 0 spiro atoms. The van der Waals surface area contributed by atoms with Gasteiger partial charge in [0.25, 0.3) is 0 Å². The molecule has 0 amide bonds. The van der Waals surface area contributed by atoms with Crippen molar-refractivity contribution in [3.63, 3.8) is 0 Å². The van der Waals surface area contributed by atoms with Crippen molar-refractivity contribution in [1.29, 1.82) is 0 Å². The minimum absolute atomic E-state index is 0.673. The Morgan fingerprint density at radius 1 is 1.25 bits per heavy atom. The van der Waals surface area contributed by atoms with Gasteiger partial charge in [0.05, 0.1) is 5.75 Å². The minimum atomic E-state index is 0.673. The lowest BCUT2D eigenvalue weighted by Crippen LogP contribution is -1.83. The third-order valence-electron chi connectivity index (χ3n) is 2.21. The van der Waals surface area contributed by atoms with Crippen LogP contribution < -0.4 is 0 Å². The summed E-state index contributed by atoms with van der Waals surface area (Å²) in [7, 11) is 0. The van der Waals surface area contributed by atoms with Crippen molar-refractivity contribution in [3.05, 3.63) is 35.7 Å². The van der Waals surface area contributed by atoms with Crippen LogP contribution in [0.3, 0.4) is 0 Å². The molecular weight excluding hydrogens is 220 g/mol. The van der Waals surface area contributed by atoms with E-state index in [1.807, 2.05) is 24.3 Å². The van der Waals surface area contributed by atoms with Crippen molar-refractivity contribution in [3.8, 4) is 11.4 Å². The topological polar surface area (TPSA) is 38.9 Å². The quantitative estimate of drug-likeness (QED) is 0.813. The lowest BCUT2D eigenvalue weighted by atomic mass is 10.1. The second-order valence-corrected chi connectivity index (χ2v) is 4.79. The SMILES string of the molecule is CCSCc1nc(-c2ccc(C)cc2)no1. The molecule has 0 aliphatic carbocycles. The molecule has 1 aromatic heterocycles. The van der Waals surface area contributed by atoms with Gasteiger partial charge in [-0.05, 0) is 12.7 Å². The predicted molar refractivity (Wildman–Crippen MR) is 66.3 cm³/mol. The van der Waals surface area contributed by atoms with Crippen molar-refractivity contribution in [2.75, 3.05) is 5.75 Å². The number of hydrogen-bond acceptors (Lipinski definition) is 4. The highest BCUT2D eigenvalue weighted by Gasteiger charge is 2.07. The van der Waals surface area contributed by atoms with Crippen LogP contribution in [0, 0.1) is 6.92 Å². The fraction of sp³-hybridized carbons (Fsp3) is 0.333. The highest BCUT2D eigenvalue weighted by molar-refractivity contribution is 7.98. The molecule has 1 heterocycles. The molecule has 2 rings (SSSR count). The lowest BCUT2D eigenvalue weighted by Gasteiger charge is -1.94. The Balaban J connectivity index is 2.15. The summed E-state index contributed by atoms with van der Waals surface area (Å²) in [6, 6.07) is 8.12. The van der Waals surface area contributed by atoms with Crippen LogP contribution in [0.2, 0.25) is 0 Å². The van der Waals surface area contributed by atoms with E-state index in [0.717, 1.165) is 17.1 Å². The Kier molecular flexibility index (Phi) is 3.62. The smallest absolute Gasteiger partial charge is 0.236 e. The third-order valence-corrected chi connectivity index (χ3v) is 3.07. The standard InChI is InChI=1S/C12H14N2OS/c1-3-16-8-11-13-12(14-15-11)10-6-4-9(2)5-7-10/h4-7H,3,8H2,1-2H3. The Morgan fingerprint density at radius 3 is 2.69 bits per heavy atom. The van der Waals surface area contributed by atoms with E-state index < -0.39 is 0 Å². The summed E-state index contributed by atoms with van der Waals surface area (Å²) in [6.07, 6.45) is 0. The van der Waals surface area contributed by atoms with E-state index in [4.69, 9.17) is 4.52 Å². The molecule has 3 nitrogen and oxygen atoms in total. The van der Waals surface area contributed by atoms with Gasteiger partial charge in [-0.1, -0.05) is 41.9 Å². The van der Waals surface area contributed by atoms with Crippen molar-refractivity contribution in [1.82, 2.24) is 10.1 Å². The number of nitrogens with zero attached hydrogens (tertiary/aromatic N) is 2. The summed E-state index contributed by atoms with van der Waals surface area (Å²) < 4.78 is 5.17. The molecule has 0 aliphatic rings. The fourth-order valence-electron chi connectivity index (χ4n) is 1.32. The van der Waals surface area contributed by atoms with Crippen molar-refractivity contribution >= 4 is 11.8 Å². The molecule has 0 radical (unpaired) electrons. The molecule has 0 saturated heterocycles. The second kappa shape index (κ2) is 5.16. The molecular formula is C12H14N2OS. The summed E-state index contributed by atoms with van der Waals surface area (Å²) >= 11 is 1.78. The van der Waals surface area contributed by atoms with E-state index in [-0.39, 0.29) is 0 Å². The zero-order valence-corrected chi connectivity index (χ0v) is 10.3. The molecule has 1 aromatic carbocycles. The fourth-order valence-corrected chi connectivity index (χ4v) is 1.82. The van der Waals surface area contributed by atoms with E-state index in [9.17, 15) is 0 Å². The summed E-state index contributed by atoms with van der Waals surface area (Å²) in [6.45, 7) is 4.17. The Hall–Kier alpha value is -1.29. The van der Waals surface area contributed by atoms with Gasteiger partial charge >= 0.3 is 0 Å². The maximum Gasteiger partial charge on any atom is 0.236 e. The molecule has 16 heavy (non-hydrogen) atoms. The van der Waals surface area contributed by atoms with Crippen LogP contribution >= 0.6 is 11.8 Å². The summed E-state index contributed by atoms with van der Waals surface area (Å²) in [5, 5.41) is 3.97. The van der Waals surface area contributed by atoms with Gasteiger partial charge < -0.3 is 4.52 Å². The first-order valence-electron chi connectivity index (χ1n) is 5.27. The van der Waals surface area contributed by atoms with Gasteiger partial charge in [0.2, 0.25) is 11.7 Å². The normalized spacial score (nSPS) is 10.6. The van der Waals surface area contributed by atoms with E-state index in [1.54, 1.807) is 11.8 Å². The summed E-state index contributed by atoms with van der Waals surface area (Å²) in [5.41, 5.74) is 2.23. The van der Waals surface area contributed by atoms with Crippen LogP contribution in [0.5, 0.6) is 0 Å². The minimum Gasteiger partial charge on any atom is -0.338 e. The van der Waals surface area contributed by atoms with Gasteiger partial charge in [-0.3, -0.25) is 0 Å². The largest absolute Gasteiger partial charge is 0.338 e. The van der Waals surface area contributed by atoms with E-state index >= 15 is 0 Å². The molecule has 0 saturated carbocycles. The third kappa shape index (κ3) is 2.64. The maximum absolute atomic E-state index is 5.17.